The molecule has 0 bridgehead atoms. The van der Waals surface area contributed by atoms with Crippen molar-refractivity contribution in [3.63, 3.8) is 0 Å². The van der Waals surface area contributed by atoms with Gasteiger partial charge in [0.2, 0.25) is 6.54 Å². The van der Waals surface area contributed by atoms with E-state index >= 15 is 0 Å². The van der Waals surface area contributed by atoms with E-state index in [2.05, 4.69) is 12.2 Å². The van der Waals surface area contributed by atoms with Crippen LogP contribution in [0, 0.1) is 0 Å². The number of amides is 2. The van der Waals surface area contributed by atoms with E-state index in [0.29, 0.717) is 12.1 Å². The summed E-state index contributed by atoms with van der Waals surface area (Å²) in [7, 11) is 0. The number of aromatic nitrogens is 1. The lowest BCUT2D eigenvalue weighted by atomic mass is 10.0. The van der Waals surface area contributed by atoms with E-state index in [-0.39, 0.29) is 12.5 Å². The van der Waals surface area contributed by atoms with Crippen LogP contribution in [0.1, 0.15) is 107 Å². The Labute approximate surface area is 177 Å². The van der Waals surface area contributed by atoms with Gasteiger partial charge in [-0.05, 0) is 12.5 Å². The van der Waals surface area contributed by atoms with Crippen LogP contribution in [0.3, 0.4) is 0 Å². The summed E-state index contributed by atoms with van der Waals surface area (Å²) < 4.78 is 1.68. The zero-order chi connectivity index (χ0) is 21.2. The van der Waals surface area contributed by atoms with E-state index in [1.54, 1.807) is 29.1 Å². The maximum Gasteiger partial charge on any atom is 0.285 e. The Morgan fingerprint density at radius 2 is 1.38 bits per heavy atom. The predicted molar refractivity (Wildman–Crippen MR) is 118 cm³/mol. The molecule has 0 aliphatic carbocycles. The molecule has 0 fully saturated rings. The summed E-state index contributed by atoms with van der Waals surface area (Å²) in [5.74, 6) is -0.520. The molecule has 3 N–H and O–H groups in total. The number of primary amides is 1. The minimum Gasteiger partial charge on any atom is -0.365 e. The van der Waals surface area contributed by atoms with Crippen LogP contribution < -0.4 is 15.6 Å². The lowest BCUT2D eigenvalue weighted by Gasteiger charge is -2.05. The molecule has 5 nitrogen and oxygen atoms in total. The minimum atomic E-state index is -0.484. The van der Waals surface area contributed by atoms with Crippen molar-refractivity contribution in [3.05, 3.63) is 30.1 Å². The Morgan fingerprint density at radius 3 is 1.90 bits per heavy atom. The third-order valence-electron chi connectivity index (χ3n) is 5.32. The maximum atomic E-state index is 12.0. The van der Waals surface area contributed by atoms with Crippen LogP contribution >= 0.6 is 0 Å². The highest BCUT2D eigenvalue weighted by molar-refractivity contribution is 5.92. The fraction of sp³-hybridized carbons (Fsp3) is 0.708. The Morgan fingerprint density at radius 1 is 0.862 bits per heavy atom. The van der Waals surface area contributed by atoms with Crippen molar-refractivity contribution in [1.82, 2.24) is 5.32 Å². The summed E-state index contributed by atoms with van der Waals surface area (Å²) in [6, 6.07) is 3.37. The van der Waals surface area contributed by atoms with Crippen LogP contribution in [0.4, 0.5) is 0 Å². The van der Waals surface area contributed by atoms with Gasteiger partial charge < -0.3 is 11.1 Å². The Kier molecular flexibility index (Phi) is 14.7. The van der Waals surface area contributed by atoms with Crippen molar-refractivity contribution in [3.8, 4) is 0 Å². The van der Waals surface area contributed by atoms with Crippen LogP contribution in [-0.4, -0.2) is 18.4 Å². The number of rotatable bonds is 18. The molecule has 0 aliphatic heterocycles. The second kappa shape index (κ2) is 17.0. The third kappa shape index (κ3) is 13.8. The summed E-state index contributed by atoms with van der Waals surface area (Å²) in [6.07, 6.45) is 22.0. The standard InChI is InChI=1S/C24H41N3O2/c1-2-3-4-5-6-7-8-9-10-11-12-13-14-15-18-26-23(28)21-27-19-16-17-22(20-27)24(25)29/h16-17,19-20H,2-15,18,21H2,1H3,(H2-,25,26,28,29)/p+1. The predicted octanol–water partition coefficient (Wildman–Crippen LogP) is 4.67. The lowest BCUT2D eigenvalue weighted by molar-refractivity contribution is -0.684. The van der Waals surface area contributed by atoms with Crippen molar-refractivity contribution >= 4 is 11.8 Å². The van der Waals surface area contributed by atoms with E-state index in [9.17, 15) is 9.59 Å². The van der Waals surface area contributed by atoms with Crippen LogP contribution in [0.15, 0.2) is 24.5 Å². The van der Waals surface area contributed by atoms with E-state index in [4.69, 9.17) is 5.73 Å². The van der Waals surface area contributed by atoms with Crippen LogP contribution in [0.2, 0.25) is 0 Å². The summed E-state index contributed by atoms with van der Waals surface area (Å²) in [6.45, 7) is 3.19. The molecule has 0 aliphatic rings. The number of nitrogens with one attached hydrogen (secondary N) is 1. The Balaban J connectivity index is 1.90. The van der Waals surface area contributed by atoms with Gasteiger partial charge in [0.05, 0.1) is 0 Å². The molecule has 0 aromatic carbocycles. The van der Waals surface area contributed by atoms with Gasteiger partial charge in [-0.25, -0.2) is 0 Å². The van der Waals surface area contributed by atoms with Gasteiger partial charge in [0.25, 0.3) is 11.8 Å². The van der Waals surface area contributed by atoms with E-state index in [0.717, 1.165) is 6.42 Å². The number of hydrogen-bond acceptors (Lipinski definition) is 2. The van der Waals surface area contributed by atoms with Gasteiger partial charge in [-0.2, -0.15) is 4.57 Å². The first-order valence-corrected chi connectivity index (χ1v) is 11.7. The zero-order valence-electron chi connectivity index (χ0n) is 18.5. The second-order valence-electron chi connectivity index (χ2n) is 8.08. The second-order valence-corrected chi connectivity index (χ2v) is 8.08. The molecule has 0 spiro atoms. The normalized spacial score (nSPS) is 10.8. The molecule has 0 unspecified atom stereocenters. The van der Waals surface area contributed by atoms with E-state index in [1.807, 2.05) is 0 Å². The van der Waals surface area contributed by atoms with Gasteiger partial charge in [0, 0.05) is 12.6 Å². The Bertz CT molecular complexity index is 575. The molecule has 0 saturated carbocycles. The average molecular weight is 405 g/mol. The molecule has 0 radical (unpaired) electrons. The number of hydrogen-bond donors (Lipinski definition) is 2. The highest BCUT2D eigenvalue weighted by Gasteiger charge is 2.11. The zero-order valence-corrected chi connectivity index (χ0v) is 18.5. The van der Waals surface area contributed by atoms with Gasteiger partial charge in [0.15, 0.2) is 12.4 Å². The number of nitrogens with zero attached hydrogens (tertiary/aromatic N) is 1. The number of pyridine rings is 1. The molecule has 29 heavy (non-hydrogen) atoms. The van der Waals surface area contributed by atoms with Crippen molar-refractivity contribution < 1.29 is 14.2 Å². The summed E-state index contributed by atoms with van der Waals surface area (Å²) in [5, 5.41) is 2.95. The maximum absolute atomic E-state index is 12.0. The third-order valence-corrected chi connectivity index (χ3v) is 5.32. The minimum absolute atomic E-state index is 0.0358. The Hall–Kier alpha value is -1.91. The lowest BCUT2D eigenvalue weighted by Crippen LogP contribution is -2.43. The molecule has 2 amide bonds. The number of unbranched alkanes of at least 4 members (excludes halogenated alkanes) is 13. The van der Waals surface area contributed by atoms with Crippen LogP contribution in [0.25, 0.3) is 0 Å². The summed E-state index contributed by atoms with van der Waals surface area (Å²) in [4.78, 5) is 23.2. The van der Waals surface area contributed by atoms with Crippen molar-refractivity contribution in [1.29, 1.82) is 0 Å². The molecule has 164 valence electrons. The largest absolute Gasteiger partial charge is 0.365 e. The average Bonchev–Trinajstić information content (AvgIpc) is 2.71. The van der Waals surface area contributed by atoms with Crippen LogP contribution in [-0.2, 0) is 11.3 Å². The highest BCUT2D eigenvalue weighted by atomic mass is 16.2. The van der Waals surface area contributed by atoms with Crippen molar-refractivity contribution in [2.45, 2.75) is 103 Å². The first-order valence-electron chi connectivity index (χ1n) is 11.7. The smallest absolute Gasteiger partial charge is 0.285 e. The number of nitrogens with two attached hydrogens (primary N) is 1. The number of carbonyl (C=O) groups is 2. The molecule has 0 saturated heterocycles. The van der Waals surface area contributed by atoms with Gasteiger partial charge in [-0.3, -0.25) is 9.59 Å². The molecular formula is C24H42N3O2+. The summed E-state index contributed by atoms with van der Waals surface area (Å²) >= 11 is 0. The van der Waals surface area contributed by atoms with Crippen LogP contribution in [0.5, 0.6) is 0 Å². The molecule has 5 heteroatoms. The molecule has 1 heterocycles. The molecule has 1 rings (SSSR count). The highest BCUT2D eigenvalue weighted by Crippen LogP contribution is 2.12. The SMILES string of the molecule is CCCCCCCCCCCCCCCCNC(=O)C[n+]1cccc(C(N)=O)c1. The van der Waals surface area contributed by atoms with Gasteiger partial charge in [-0.15, -0.1) is 0 Å². The van der Waals surface area contributed by atoms with Crippen molar-refractivity contribution in [2.75, 3.05) is 6.54 Å². The van der Waals surface area contributed by atoms with Gasteiger partial charge >= 0.3 is 0 Å². The molecular weight excluding hydrogens is 362 g/mol. The molecule has 1 aromatic rings. The van der Waals surface area contributed by atoms with Gasteiger partial charge in [0.1, 0.15) is 5.56 Å². The fourth-order valence-electron chi connectivity index (χ4n) is 3.54. The first kappa shape index (κ1) is 25.1. The quantitative estimate of drug-likeness (QED) is 0.275. The molecule has 0 atom stereocenters. The van der Waals surface area contributed by atoms with Crippen molar-refractivity contribution in [2.24, 2.45) is 5.73 Å². The number of carbonyl (C=O) groups excluding carboxylic acids is 2. The topological polar surface area (TPSA) is 76.1 Å². The monoisotopic (exact) mass is 404 g/mol. The first-order chi connectivity index (χ1) is 14.1. The van der Waals surface area contributed by atoms with E-state index < -0.39 is 5.91 Å². The van der Waals surface area contributed by atoms with Gasteiger partial charge in [-0.1, -0.05) is 90.4 Å². The summed E-state index contributed by atoms with van der Waals surface area (Å²) in [5.41, 5.74) is 5.67. The fourth-order valence-corrected chi connectivity index (χ4v) is 3.54. The molecule has 1 aromatic heterocycles. The van der Waals surface area contributed by atoms with E-state index in [1.165, 1.54) is 83.5 Å².